The lowest BCUT2D eigenvalue weighted by molar-refractivity contribution is -0.680. The van der Waals surface area contributed by atoms with Crippen LogP contribution >= 0.6 is 0 Å². The number of carbonyl (C=O) groups excluding carboxylic acids is 1. The summed E-state index contributed by atoms with van der Waals surface area (Å²) in [5.74, 6) is 0.0289. The normalized spacial score (nSPS) is 21.2. The summed E-state index contributed by atoms with van der Waals surface area (Å²) >= 11 is 0. The van der Waals surface area contributed by atoms with Crippen LogP contribution in [0, 0.1) is 0 Å². The highest BCUT2D eigenvalue weighted by Crippen LogP contribution is 2.16. The van der Waals surface area contributed by atoms with Crippen LogP contribution in [0.3, 0.4) is 0 Å². The molecule has 4 nitrogen and oxygen atoms in total. The fraction of sp³-hybridized carbons (Fsp3) is 0.417. The molecule has 1 amide bonds. The zero-order chi connectivity index (χ0) is 11.4. The number of hydrogen-bond donors (Lipinski definition) is 3. The summed E-state index contributed by atoms with van der Waals surface area (Å²) < 4.78 is 0. The van der Waals surface area contributed by atoms with Crippen LogP contribution in [0.5, 0.6) is 0 Å². The maximum atomic E-state index is 11.5. The molecule has 1 aromatic carbocycles. The first-order valence-corrected chi connectivity index (χ1v) is 5.61. The number of aliphatic hydroxyl groups is 1. The molecule has 1 aliphatic rings. The second-order valence-corrected chi connectivity index (χ2v) is 4.08. The van der Waals surface area contributed by atoms with E-state index in [9.17, 15) is 9.90 Å². The van der Waals surface area contributed by atoms with Crippen molar-refractivity contribution in [2.24, 2.45) is 0 Å². The molecule has 0 aliphatic carbocycles. The molecule has 94 valence electrons. The lowest BCUT2D eigenvalue weighted by atomic mass is 10.0. The van der Waals surface area contributed by atoms with Gasteiger partial charge in [-0.05, 0) is 5.56 Å². The number of aliphatic hydroxyl groups excluding tert-OH is 1. The number of piperazine rings is 1. The summed E-state index contributed by atoms with van der Waals surface area (Å²) in [6.07, 6.45) is -0.0955. The lowest BCUT2D eigenvalue weighted by Gasteiger charge is -2.22. The van der Waals surface area contributed by atoms with Crippen LogP contribution in [0.4, 0.5) is 0 Å². The average Bonchev–Trinajstić information content (AvgIpc) is 2.33. The molecule has 0 bridgehead atoms. The molecule has 1 aliphatic heterocycles. The Labute approximate surface area is 107 Å². The van der Waals surface area contributed by atoms with Gasteiger partial charge in [0.1, 0.15) is 0 Å². The SMILES string of the molecule is O=C1NCC[NH2+]C1CC(O)c1ccccc1.[Cl-]. The van der Waals surface area contributed by atoms with E-state index in [-0.39, 0.29) is 24.4 Å². The van der Waals surface area contributed by atoms with Crippen molar-refractivity contribution in [3.8, 4) is 0 Å². The molecule has 4 N–H and O–H groups in total. The molecule has 0 aromatic heterocycles. The third-order valence-electron chi connectivity index (χ3n) is 2.89. The fourth-order valence-corrected chi connectivity index (χ4v) is 1.97. The molecule has 0 saturated carbocycles. The number of quaternary nitrogens is 1. The highest BCUT2D eigenvalue weighted by atomic mass is 35.5. The number of hydrogen-bond acceptors (Lipinski definition) is 2. The Hall–Kier alpha value is -1.10. The number of benzene rings is 1. The highest BCUT2D eigenvalue weighted by molar-refractivity contribution is 5.80. The molecule has 1 fully saturated rings. The van der Waals surface area contributed by atoms with Crippen LogP contribution in [-0.2, 0) is 4.79 Å². The van der Waals surface area contributed by atoms with E-state index in [0.717, 1.165) is 18.7 Å². The molecule has 0 radical (unpaired) electrons. The summed E-state index contributed by atoms with van der Waals surface area (Å²) in [6, 6.07) is 9.29. The average molecular weight is 257 g/mol. The van der Waals surface area contributed by atoms with Gasteiger partial charge in [0.2, 0.25) is 0 Å². The van der Waals surface area contributed by atoms with Crippen LogP contribution in [0.15, 0.2) is 30.3 Å². The van der Waals surface area contributed by atoms with Crippen molar-refractivity contribution in [3.63, 3.8) is 0 Å². The lowest BCUT2D eigenvalue weighted by Crippen LogP contribution is -3.00. The molecule has 1 saturated heterocycles. The van der Waals surface area contributed by atoms with Crippen molar-refractivity contribution in [2.45, 2.75) is 18.6 Å². The first-order valence-electron chi connectivity index (χ1n) is 5.61. The Morgan fingerprint density at radius 1 is 1.41 bits per heavy atom. The summed E-state index contributed by atoms with van der Waals surface area (Å²) in [4.78, 5) is 11.5. The molecule has 2 rings (SSSR count). The van der Waals surface area contributed by atoms with Gasteiger partial charge in [0.25, 0.3) is 5.91 Å². The largest absolute Gasteiger partial charge is 1.00 e. The van der Waals surface area contributed by atoms with Crippen LogP contribution in [-0.4, -0.2) is 30.1 Å². The van der Waals surface area contributed by atoms with E-state index < -0.39 is 6.10 Å². The zero-order valence-electron chi connectivity index (χ0n) is 9.47. The van der Waals surface area contributed by atoms with Gasteiger partial charge in [-0.1, -0.05) is 30.3 Å². The van der Waals surface area contributed by atoms with E-state index in [1.165, 1.54) is 0 Å². The smallest absolute Gasteiger partial charge is 0.278 e. The summed E-state index contributed by atoms with van der Waals surface area (Å²) in [5, 5.41) is 14.8. The van der Waals surface area contributed by atoms with Gasteiger partial charge in [0.05, 0.1) is 19.2 Å². The minimum absolute atomic E-state index is 0. The molecule has 5 heteroatoms. The van der Waals surface area contributed by atoms with E-state index in [0.29, 0.717) is 6.42 Å². The van der Waals surface area contributed by atoms with E-state index in [1.807, 2.05) is 35.6 Å². The van der Waals surface area contributed by atoms with Gasteiger partial charge in [-0.3, -0.25) is 4.79 Å². The molecular formula is C12H17ClN2O2. The third-order valence-corrected chi connectivity index (χ3v) is 2.89. The van der Waals surface area contributed by atoms with Gasteiger partial charge in [-0.2, -0.15) is 0 Å². The van der Waals surface area contributed by atoms with Crippen molar-refractivity contribution < 1.29 is 27.6 Å². The van der Waals surface area contributed by atoms with Crippen molar-refractivity contribution >= 4 is 5.91 Å². The predicted octanol–water partition coefficient (Wildman–Crippen LogP) is -3.82. The standard InChI is InChI=1S/C12H16N2O2.ClH/c15-11(9-4-2-1-3-5-9)8-10-12(16)14-7-6-13-10;/h1-5,10-11,13,15H,6-8H2,(H,14,16);1H. The summed E-state index contributed by atoms with van der Waals surface area (Å²) in [7, 11) is 0. The Balaban J connectivity index is 0.00000144. The number of nitrogens with two attached hydrogens (primary N) is 1. The second-order valence-electron chi connectivity index (χ2n) is 4.08. The number of rotatable bonds is 3. The van der Waals surface area contributed by atoms with Crippen LogP contribution in [0.25, 0.3) is 0 Å². The summed E-state index contributed by atoms with van der Waals surface area (Å²) in [5.41, 5.74) is 0.870. The van der Waals surface area contributed by atoms with E-state index in [4.69, 9.17) is 0 Å². The maximum absolute atomic E-state index is 11.5. The van der Waals surface area contributed by atoms with E-state index in [2.05, 4.69) is 5.32 Å². The zero-order valence-corrected chi connectivity index (χ0v) is 10.2. The number of amides is 1. The van der Waals surface area contributed by atoms with Gasteiger partial charge >= 0.3 is 0 Å². The second kappa shape index (κ2) is 6.59. The minimum atomic E-state index is -0.564. The Morgan fingerprint density at radius 2 is 2.12 bits per heavy atom. The van der Waals surface area contributed by atoms with Crippen molar-refractivity contribution in [3.05, 3.63) is 35.9 Å². The van der Waals surface area contributed by atoms with E-state index in [1.54, 1.807) is 0 Å². The van der Waals surface area contributed by atoms with Gasteiger partial charge in [0.15, 0.2) is 6.04 Å². The molecule has 0 spiro atoms. The quantitative estimate of drug-likeness (QED) is 0.519. The van der Waals surface area contributed by atoms with Gasteiger partial charge in [-0.25, -0.2) is 0 Å². The van der Waals surface area contributed by atoms with Crippen LogP contribution < -0.4 is 23.0 Å². The molecule has 1 heterocycles. The first kappa shape index (κ1) is 14.0. The maximum Gasteiger partial charge on any atom is 0.278 e. The Kier molecular flexibility index (Phi) is 5.41. The van der Waals surface area contributed by atoms with Crippen LogP contribution in [0.1, 0.15) is 18.1 Å². The molecule has 1 aromatic rings. The Bertz CT molecular complexity index is 359. The third kappa shape index (κ3) is 3.70. The molecular weight excluding hydrogens is 240 g/mol. The summed E-state index contributed by atoms with van der Waals surface area (Å²) in [6.45, 7) is 1.61. The number of halogens is 1. The van der Waals surface area contributed by atoms with Crippen molar-refractivity contribution in [1.29, 1.82) is 0 Å². The first-order chi connectivity index (χ1) is 7.77. The van der Waals surface area contributed by atoms with Gasteiger partial charge in [0, 0.05) is 6.42 Å². The van der Waals surface area contributed by atoms with Gasteiger partial charge in [-0.15, -0.1) is 0 Å². The van der Waals surface area contributed by atoms with Crippen molar-refractivity contribution in [2.75, 3.05) is 13.1 Å². The molecule has 17 heavy (non-hydrogen) atoms. The van der Waals surface area contributed by atoms with Gasteiger partial charge < -0.3 is 28.1 Å². The predicted molar refractivity (Wildman–Crippen MR) is 59.6 cm³/mol. The van der Waals surface area contributed by atoms with E-state index >= 15 is 0 Å². The number of carbonyl (C=O) groups is 1. The molecule has 2 unspecified atom stereocenters. The minimum Gasteiger partial charge on any atom is -1.00 e. The Morgan fingerprint density at radius 3 is 2.76 bits per heavy atom. The van der Waals surface area contributed by atoms with Crippen molar-refractivity contribution in [1.82, 2.24) is 5.32 Å². The highest BCUT2D eigenvalue weighted by Gasteiger charge is 2.28. The topological polar surface area (TPSA) is 65.9 Å². The number of nitrogens with one attached hydrogen (secondary N) is 1. The monoisotopic (exact) mass is 256 g/mol. The fourth-order valence-electron chi connectivity index (χ4n) is 1.97. The molecule has 2 atom stereocenters. The van der Waals surface area contributed by atoms with Crippen LogP contribution in [0.2, 0.25) is 0 Å².